The predicted molar refractivity (Wildman–Crippen MR) is 86.8 cm³/mol. The van der Waals surface area contributed by atoms with Gasteiger partial charge in [-0.3, -0.25) is 4.79 Å². The van der Waals surface area contributed by atoms with Crippen molar-refractivity contribution in [2.24, 2.45) is 0 Å². The maximum absolute atomic E-state index is 11.4. The summed E-state index contributed by atoms with van der Waals surface area (Å²) in [6, 6.07) is 0. The number of esters is 1. The Morgan fingerprint density at radius 2 is 1.73 bits per heavy atom. The molecule has 0 aromatic heterocycles. The van der Waals surface area contributed by atoms with Crippen LogP contribution in [0.25, 0.3) is 0 Å². The van der Waals surface area contributed by atoms with E-state index in [4.69, 9.17) is 9.47 Å². The van der Waals surface area contributed by atoms with Crippen molar-refractivity contribution in [3.63, 3.8) is 0 Å². The van der Waals surface area contributed by atoms with Gasteiger partial charge in [-0.25, -0.2) is 4.79 Å². The van der Waals surface area contributed by atoms with Crippen LogP contribution in [0, 0.1) is 0 Å². The first kappa shape index (κ1) is 20.7. The Morgan fingerprint density at radius 1 is 1.14 bits per heavy atom. The van der Waals surface area contributed by atoms with Gasteiger partial charge in [-0.1, -0.05) is 0 Å². The van der Waals surface area contributed by atoms with Crippen LogP contribution >= 0.6 is 0 Å². The highest BCUT2D eigenvalue weighted by Crippen LogP contribution is 2.06. The van der Waals surface area contributed by atoms with Crippen molar-refractivity contribution in [3.05, 3.63) is 0 Å². The van der Waals surface area contributed by atoms with E-state index in [-0.39, 0.29) is 18.2 Å². The topological polar surface area (TPSA) is 67.9 Å². The molecule has 0 spiro atoms. The fourth-order valence-corrected chi connectivity index (χ4v) is 1.78. The van der Waals surface area contributed by atoms with Gasteiger partial charge in [-0.15, -0.1) is 0 Å². The van der Waals surface area contributed by atoms with Gasteiger partial charge >= 0.3 is 12.1 Å². The highest BCUT2D eigenvalue weighted by molar-refractivity contribution is 5.69. The zero-order chi connectivity index (χ0) is 17.2. The van der Waals surface area contributed by atoms with Crippen LogP contribution in [0.2, 0.25) is 0 Å². The minimum absolute atomic E-state index is 0.0517. The predicted octanol–water partition coefficient (Wildman–Crippen LogP) is 2.56. The maximum Gasteiger partial charge on any atom is 0.407 e. The Hall–Kier alpha value is -1.30. The molecule has 0 aliphatic rings. The Kier molecular flexibility index (Phi) is 9.81. The maximum atomic E-state index is 11.4. The van der Waals surface area contributed by atoms with Crippen molar-refractivity contribution in [1.29, 1.82) is 0 Å². The van der Waals surface area contributed by atoms with E-state index in [2.05, 4.69) is 10.2 Å². The summed E-state index contributed by atoms with van der Waals surface area (Å²) in [6.07, 6.45) is 1.63. The fourth-order valence-electron chi connectivity index (χ4n) is 1.78. The molecule has 0 fully saturated rings. The van der Waals surface area contributed by atoms with Gasteiger partial charge in [0.15, 0.2) is 0 Å². The molecule has 6 heteroatoms. The van der Waals surface area contributed by atoms with Gasteiger partial charge < -0.3 is 19.7 Å². The van der Waals surface area contributed by atoms with E-state index in [1.54, 1.807) is 0 Å². The van der Waals surface area contributed by atoms with Gasteiger partial charge in [0, 0.05) is 13.0 Å². The van der Waals surface area contributed by atoms with Gasteiger partial charge in [0.25, 0.3) is 0 Å². The molecule has 0 radical (unpaired) electrons. The van der Waals surface area contributed by atoms with E-state index in [1.807, 2.05) is 41.7 Å². The van der Waals surface area contributed by atoms with Gasteiger partial charge in [-0.05, 0) is 67.6 Å². The molecule has 0 saturated heterocycles. The number of ether oxygens (including phenoxy) is 2. The Bertz CT molecular complexity index is 338. The lowest BCUT2D eigenvalue weighted by Gasteiger charge is -2.20. The fraction of sp³-hybridized carbons (Fsp3) is 0.875. The van der Waals surface area contributed by atoms with Crippen LogP contribution in [-0.4, -0.2) is 55.3 Å². The van der Waals surface area contributed by atoms with Crippen LogP contribution in [0.4, 0.5) is 4.79 Å². The number of carbonyl (C=O) groups is 2. The summed E-state index contributed by atoms with van der Waals surface area (Å²) < 4.78 is 10.2. The normalized spacial score (nSPS) is 11.6. The second kappa shape index (κ2) is 10.4. The third kappa shape index (κ3) is 13.7. The van der Waals surface area contributed by atoms with E-state index in [0.717, 1.165) is 25.9 Å². The molecular formula is C16H32N2O4. The standard InChI is InChI=1S/C16H32N2O4/c1-13(2)21-14(19)9-7-11-18(6)12-8-10-17-15(20)22-16(3,4)5/h13H,7-12H2,1-6H3,(H,17,20). The average Bonchev–Trinajstić information content (AvgIpc) is 2.31. The Balaban J connectivity index is 3.60. The molecule has 0 heterocycles. The highest BCUT2D eigenvalue weighted by atomic mass is 16.6. The van der Waals surface area contributed by atoms with Crippen molar-refractivity contribution in [2.45, 2.75) is 65.6 Å². The average molecular weight is 316 g/mol. The molecule has 130 valence electrons. The van der Waals surface area contributed by atoms with E-state index in [0.29, 0.717) is 13.0 Å². The molecule has 0 aromatic rings. The molecule has 6 nitrogen and oxygen atoms in total. The van der Waals surface area contributed by atoms with E-state index < -0.39 is 5.60 Å². The molecule has 0 unspecified atom stereocenters. The molecule has 0 rings (SSSR count). The van der Waals surface area contributed by atoms with Crippen molar-refractivity contribution in [1.82, 2.24) is 10.2 Å². The summed E-state index contributed by atoms with van der Waals surface area (Å²) in [4.78, 5) is 25.0. The largest absolute Gasteiger partial charge is 0.463 e. The molecule has 1 amide bonds. The number of carbonyl (C=O) groups excluding carboxylic acids is 2. The van der Waals surface area contributed by atoms with Crippen molar-refractivity contribution >= 4 is 12.1 Å². The van der Waals surface area contributed by atoms with Crippen molar-refractivity contribution < 1.29 is 19.1 Å². The molecular weight excluding hydrogens is 284 g/mol. The van der Waals surface area contributed by atoms with E-state index in [1.165, 1.54) is 0 Å². The van der Waals surface area contributed by atoms with Gasteiger partial charge in [0.05, 0.1) is 6.10 Å². The monoisotopic (exact) mass is 316 g/mol. The number of nitrogens with zero attached hydrogens (tertiary/aromatic N) is 1. The number of hydrogen-bond donors (Lipinski definition) is 1. The lowest BCUT2D eigenvalue weighted by Crippen LogP contribution is -2.34. The molecule has 0 atom stereocenters. The highest BCUT2D eigenvalue weighted by Gasteiger charge is 2.15. The SMILES string of the molecule is CC(C)OC(=O)CCCN(C)CCCNC(=O)OC(C)(C)C. The van der Waals surface area contributed by atoms with E-state index >= 15 is 0 Å². The summed E-state index contributed by atoms with van der Waals surface area (Å²) in [7, 11) is 2.00. The summed E-state index contributed by atoms with van der Waals surface area (Å²) in [5.74, 6) is -0.144. The molecule has 0 aliphatic heterocycles. The summed E-state index contributed by atoms with van der Waals surface area (Å²) in [6.45, 7) is 11.5. The van der Waals surface area contributed by atoms with Crippen LogP contribution in [-0.2, 0) is 14.3 Å². The summed E-state index contributed by atoms with van der Waals surface area (Å²) in [5.41, 5.74) is -0.467. The minimum atomic E-state index is -0.467. The first-order valence-corrected chi connectivity index (χ1v) is 7.95. The molecule has 0 saturated carbocycles. The number of nitrogens with one attached hydrogen (secondary N) is 1. The number of amides is 1. The zero-order valence-electron chi connectivity index (χ0n) is 14.9. The zero-order valence-corrected chi connectivity index (χ0v) is 14.9. The van der Waals surface area contributed by atoms with Gasteiger partial charge in [0.1, 0.15) is 5.60 Å². The number of alkyl carbamates (subject to hydrolysis) is 1. The van der Waals surface area contributed by atoms with Crippen LogP contribution in [0.3, 0.4) is 0 Å². The minimum Gasteiger partial charge on any atom is -0.463 e. The quantitative estimate of drug-likeness (QED) is 0.523. The lowest BCUT2D eigenvalue weighted by atomic mass is 10.2. The Morgan fingerprint density at radius 3 is 2.27 bits per heavy atom. The first-order valence-electron chi connectivity index (χ1n) is 7.95. The second-order valence-corrected chi connectivity index (χ2v) is 6.73. The van der Waals surface area contributed by atoms with Gasteiger partial charge in [-0.2, -0.15) is 0 Å². The smallest absolute Gasteiger partial charge is 0.407 e. The van der Waals surface area contributed by atoms with Gasteiger partial charge in [0.2, 0.25) is 0 Å². The summed E-state index contributed by atoms with van der Waals surface area (Å²) >= 11 is 0. The van der Waals surface area contributed by atoms with Crippen molar-refractivity contribution in [2.75, 3.05) is 26.7 Å². The molecule has 22 heavy (non-hydrogen) atoms. The number of hydrogen-bond acceptors (Lipinski definition) is 5. The third-order valence-electron chi connectivity index (χ3n) is 2.67. The molecule has 0 aromatic carbocycles. The van der Waals surface area contributed by atoms with E-state index in [9.17, 15) is 9.59 Å². The van der Waals surface area contributed by atoms with Crippen LogP contribution < -0.4 is 5.32 Å². The third-order valence-corrected chi connectivity index (χ3v) is 2.67. The summed E-state index contributed by atoms with van der Waals surface area (Å²) in [5, 5.41) is 2.73. The number of rotatable bonds is 9. The van der Waals surface area contributed by atoms with Crippen LogP contribution in [0.15, 0.2) is 0 Å². The molecule has 0 bridgehead atoms. The van der Waals surface area contributed by atoms with Crippen LogP contribution in [0.1, 0.15) is 53.9 Å². The molecule has 1 N–H and O–H groups in total. The molecule has 0 aliphatic carbocycles. The lowest BCUT2D eigenvalue weighted by molar-refractivity contribution is -0.147. The van der Waals surface area contributed by atoms with Crippen molar-refractivity contribution in [3.8, 4) is 0 Å². The second-order valence-electron chi connectivity index (χ2n) is 6.73. The first-order chi connectivity index (χ1) is 10.1. The van der Waals surface area contributed by atoms with Crippen LogP contribution in [0.5, 0.6) is 0 Å². The Labute approximate surface area is 134 Å².